The van der Waals surface area contributed by atoms with E-state index in [0.29, 0.717) is 19.3 Å². The van der Waals surface area contributed by atoms with Crippen LogP contribution in [0.4, 0.5) is 0 Å². The number of rotatable bonds is 44. The molecule has 0 aliphatic rings. The van der Waals surface area contributed by atoms with E-state index in [9.17, 15) is 14.4 Å². The van der Waals surface area contributed by atoms with Crippen LogP contribution in [0.1, 0.15) is 226 Å². The van der Waals surface area contributed by atoms with Gasteiger partial charge in [0.25, 0.3) is 0 Å². The van der Waals surface area contributed by atoms with Crippen LogP contribution >= 0.6 is 0 Å². The maximum Gasteiger partial charge on any atom is 0.306 e. The molecule has 6 nitrogen and oxygen atoms in total. The molecule has 0 aliphatic carbocycles. The molecule has 61 heavy (non-hydrogen) atoms. The van der Waals surface area contributed by atoms with Gasteiger partial charge in [0.15, 0.2) is 6.10 Å². The number of unbranched alkanes of at least 4 members (excludes halogenated alkanes) is 22. The molecule has 0 aromatic carbocycles. The van der Waals surface area contributed by atoms with Crippen LogP contribution in [0.2, 0.25) is 0 Å². The van der Waals surface area contributed by atoms with Gasteiger partial charge in [0.05, 0.1) is 0 Å². The topological polar surface area (TPSA) is 78.9 Å². The van der Waals surface area contributed by atoms with Crippen molar-refractivity contribution in [2.24, 2.45) is 0 Å². The van der Waals surface area contributed by atoms with E-state index in [1.807, 2.05) is 0 Å². The average molecular weight is 849 g/mol. The first-order valence-corrected chi connectivity index (χ1v) is 25.1. The van der Waals surface area contributed by atoms with Crippen LogP contribution in [-0.4, -0.2) is 37.2 Å². The number of ether oxygens (including phenoxy) is 3. The lowest BCUT2D eigenvalue weighted by molar-refractivity contribution is -0.167. The van der Waals surface area contributed by atoms with Crippen LogP contribution in [0.3, 0.4) is 0 Å². The maximum absolute atomic E-state index is 12.8. The lowest BCUT2D eigenvalue weighted by Gasteiger charge is -2.18. The SMILES string of the molecule is CC\C=C/C=C\C=C/CCCCCCCCCC(=O)OC(COC(=O)CCCCC/C=C\C=C/CCCCCCCCC)COC(=O)CCCCCCC/C=C\C/C=C\CC. The van der Waals surface area contributed by atoms with E-state index >= 15 is 0 Å². The molecule has 6 heteroatoms. The van der Waals surface area contributed by atoms with Crippen LogP contribution in [0.5, 0.6) is 0 Å². The Morgan fingerprint density at radius 2 is 0.721 bits per heavy atom. The minimum atomic E-state index is -0.799. The number of hydrogen-bond acceptors (Lipinski definition) is 6. The second-order valence-corrected chi connectivity index (χ2v) is 16.4. The highest BCUT2D eigenvalue weighted by Gasteiger charge is 2.19. The fourth-order valence-corrected chi connectivity index (χ4v) is 6.70. The molecule has 1 unspecified atom stereocenters. The summed E-state index contributed by atoms with van der Waals surface area (Å²) in [5, 5.41) is 0. The Hall–Kier alpha value is -3.41. The van der Waals surface area contributed by atoms with Gasteiger partial charge in [0.1, 0.15) is 13.2 Å². The van der Waals surface area contributed by atoms with Gasteiger partial charge in [-0.3, -0.25) is 14.4 Å². The van der Waals surface area contributed by atoms with Crippen molar-refractivity contribution < 1.29 is 28.6 Å². The quantitative estimate of drug-likeness (QED) is 0.0200. The third-order valence-corrected chi connectivity index (χ3v) is 10.5. The van der Waals surface area contributed by atoms with E-state index in [4.69, 9.17) is 14.2 Å². The van der Waals surface area contributed by atoms with Crippen LogP contribution < -0.4 is 0 Å². The van der Waals surface area contributed by atoms with Crippen molar-refractivity contribution in [3.63, 3.8) is 0 Å². The number of hydrogen-bond donors (Lipinski definition) is 0. The number of carbonyl (C=O) groups is 3. The summed E-state index contributed by atoms with van der Waals surface area (Å²) < 4.78 is 16.7. The fraction of sp³-hybridized carbons (Fsp3) is 0.691. The van der Waals surface area contributed by atoms with Crippen molar-refractivity contribution in [3.05, 3.63) is 85.1 Å². The standard InChI is InChI=1S/C55H92O6/c1-4-7-10-13-16-19-22-25-27-29-30-33-36-39-42-45-48-54(57)60-51-52(50-59-53(56)47-44-41-38-35-32-24-21-18-15-12-9-6-3)61-55(58)49-46-43-40-37-34-31-28-26-23-20-17-14-11-8-5-2/h8-9,11-12,14,17-18,20-21,23,27,29-30,33,52H,4-7,10,13,15-16,19,22,24-26,28,31-32,34-51H2,1-3H3/b11-8-,12-9-,17-14-,21-18-,23-20-,29-27-,33-30-. The zero-order chi connectivity index (χ0) is 44.4. The molecule has 0 saturated heterocycles. The third kappa shape index (κ3) is 47.5. The molecule has 0 aromatic heterocycles. The molecule has 0 amide bonds. The van der Waals surface area contributed by atoms with Crippen LogP contribution in [0, 0.1) is 0 Å². The Kier molecular flexibility index (Phi) is 46.5. The van der Waals surface area contributed by atoms with Gasteiger partial charge in [-0.15, -0.1) is 0 Å². The number of carbonyl (C=O) groups excluding carboxylic acids is 3. The summed E-state index contributed by atoms with van der Waals surface area (Å²) in [5.41, 5.74) is 0. The number of esters is 3. The number of allylic oxidation sites excluding steroid dienone is 14. The third-order valence-electron chi connectivity index (χ3n) is 10.5. The molecule has 0 radical (unpaired) electrons. The predicted molar refractivity (Wildman–Crippen MR) is 261 cm³/mol. The van der Waals surface area contributed by atoms with Crippen LogP contribution in [-0.2, 0) is 28.6 Å². The summed E-state index contributed by atoms with van der Waals surface area (Å²) in [4.78, 5) is 37.9. The predicted octanol–water partition coefficient (Wildman–Crippen LogP) is 16.4. The van der Waals surface area contributed by atoms with Gasteiger partial charge in [0.2, 0.25) is 0 Å². The highest BCUT2D eigenvalue weighted by molar-refractivity contribution is 5.71. The second kappa shape index (κ2) is 49.2. The smallest absolute Gasteiger partial charge is 0.306 e. The molecule has 0 fully saturated rings. The first-order valence-electron chi connectivity index (χ1n) is 25.1. The highest BCUT2D eigenvalue weighted by atomic mass is 16.6. The van der Waals surface area contributed by atoms with Crippen molar-refractivity contribution in [1.29, 1.82) is 0 Å². The van der Waals surface area contributed by atoms with E-state index < -0.39 is 6.10 Å². The molecule has 0 aromatic rings. The largest absolute Gasteiger partial charge is 0.462 e. The summed E-state index contributed by atoms with van der Waals surface area (Å²) in [6, 6.07) is 0. The van der Waals surface area contributed by atoms with E-state index in [1.165, 1.54) is 64.2 Å². The minimum absolute atomic E-state index is 0.0984. The Balaban J connectivity index is 4.46. The lowest BCUT2D eigenvalue weighted by Crippen LogP contribution is -2.30. The van der Waals surface area contributed by atoms with Gasteiger partial charge in [-0.2, -0.15) is 0 Å². The van der Waals surface area contributed by atoms with Gasteiger partial charge < -0.3 is 14.2 Å². The van der Waals surface area contributed by atoms with E-state index in [-0.39, 0.29) is 31.1 Å². The van der Waals surface area contributed by atoms with E-state index in [0.717, 1.165) is 122 Å². The van der Waals surface area contributed by atoms with E-state index in [2.05, 4.69) is 106 Å². The first kappa shape index (κ1) is 57.6. The molecular formula is C55H92O6. The summed E-state index contributed by atoms with van der Waals surface area (Å²) in [6.07, 6.45) is 62.8. The lowest BCUT2D eigenvalue weighted by atomic mass is 10.1. The zero-order valence-corrected chi connectivity index (χ0v) is 39.7. The molecule has 1 atom stereocenters. The fourth-order valence-electron chi connectivity index (χ4n) is 6.70. The van der Waals surface area contributed by atoms with Crippen molar-refractivity contribution >= 4 is 17.9 Å². The monoisotopic (exact) mass is 849 g/mol. The minimum Gasteiger partial charge on any atom is -0.462 e. The normalized spacial score (nSPS) is 12.8. The molecular weight excluding hydrogens is 757 g/mol. The first-order chi connectivity index (χ1) is 30.0. The molecule has 0 heterocycles. The summed E-state index contributed by atoms with van der Waals surface area (Å²) >= 11 is 0. The van der Waals surface area contributed by atoms with Gasteiger partial charge >= 0.3 is 17.9 Å². The molecule has 0 rings (SSSR count). The van der Waals surface area contributed by atoms with Crippen LogP contribution in [0.25, 0.3) is 0 Å². The second-order valence-electron chi connectivity index (χ2n) is 16.4. The van der Waals surface area contributed by atoms with Crippen molar-refractivity contribution in [1.82, 2.24) is 0 Å². The molecule has 0 aliphatic heterocycles. The summed E-state index contributed by atoms with van der Waals surface area (Å²) in [5.74, 6) is -0.954. The van der Waals surface area contributed by atoms with Crippen LogP contribution in [0.15, 0.2) is 85.1 Å². The Bertz CT molecular complexity index is 1200. The van der Waals surface area contributed by atoms with Crippen molar-refractivity contribution in [2.45, 2.75) is 232 Å². The Morgan fingerprint density at radius 3 is 1.20 bits per heavy atom. The molecule has 0 spiro atoms. The van der Waals surface area contributed by atoms with Gasteiger partial charge in [-0.05, 0) is 89.9 Å². The zero-order valence-electron chi connectivity index (χ0n) is 39.7. The Morgan fingerprint density at radius 1 is 0.361 bits per heavy atom. The average Bonchev–Trinajstić information content (AvgIpc) is 3.26. The summed E-state index contributed by atoms with van der Waals surface area (Å²) in [7, 11) is 0. The highest BCUT2D eigenvalue weighted by Crippen LogP contribution is 2.14. The molecule has 348 valence electrons. The van der Waals surface area contributed by atoms with Gasteiger partial charge in [-0.25, -0.2) is 0 Å². The van der Waals surface area contributed by atoms with Gasteiger partial charge in [0, 0.05) is 19.3 Å². The van der Waals surface area contributed by atoms with E-state index in [1.54, 1.807) is 0 Å². The van der Waals surface area contributed by atoms with Gasteiger partial charge in [-0.1, -0.05) is 202 Å². The van der Waals surface area contributed by atoms with Crippen molar-refractivity contribution in [2.75, 3.05) is 13.2 Å². The summed E-state index contributed by atoms with van der Waals surface area (Å²) in [6.45, 7) is 6.34. The molecule has 0 N–H and O–H groups in total. The molecule has 0 bridgehead atoms. The molecule has 0 saturated carbocycles. The maximum atomic E-state index is 12.8. The van der Waals surface area contributed by atoms with Crippen molar-refractivity contribution in [3.8, 4) is 0 Å². The Labute approximate surface area is 375 Å².